The molecule has 3 nitrogen and oxygen atoms in total. The van der Waals surface area contributed by atoms with Gasteiger partial charge >= 0.3 is 0 Å². The molecule has 2 unspecified atom stereocenters. The van der Waals surface area contributed by atoms with Gasteiger partial charge in [-0.15, -0.1) is 0 Å². The smallest absolute Gasteiger partial charge is 0.0700 e. The number of nitriles is 1. The fourth-order valence-corrected chi connectivity index (χ4v) is 1.57. The lowest BCUT2D eigenvalue weighted by Crippen LogP contribution is -2.34. The first-order chi connectivity index (χ1) is 6.36. The molecule has 1 heterocycles. The van der Waals surface area contributed by atoms with Crippen LogP contribution in [0.1, 0.15) is 32.6 Å². The Kier molecular flexibility index (Phi) is 4.81. The second-order valence-electron chi connectivity index (χ2n) is 3.51. The van der Waals surface area contributed by atoms with Crippen molar-refractivity contribution in [3.05, 3.63) is 0 Å². The predicted octanol–water partition coefficient (Wildman–Crippen LogP) is 1.45. The molecule has 1 rings (SSSR count). The molecule has 74 valence electrons. The zero-order valence-electron chi connectivity index (χ0n) is 8.25. The number of hydrogen-bond donors (Lipinski definition) is 1. The molecule has 0 aliphatic carbocycles. The highest BCUT2D eigenvalue weighted by molar-refractivity contribution is 4.81. The normalized spacial score (nSPS) is 24.2. The van der Waals surface area contributed by atoms with E-state index in [4.69, 9.17) is 10.00 Å². The van der Waals surface area contributed by atoms with Gasteiger partial charge in [0.2, 0.25) is 0 Å². The molecule has 0 amide bonds. The standard InChI is InChI=1S/C10H18N2O/c1-2-9(5-6-11)12-8-10-4-3-7-13-10/h9-10,12H,2-5,7-8H2,1H3. The summed E-state index contributed by atoms with van der Waals surface area (Å²) in [6, 6.07) is 2.53. The summed E-state index contributed by atoms with van der Waals surface area (Å²) in [5.41, 5.74) is 0. The van der Waals surface area contributed by atoms with E-state index in [-0.39, 0.29) is 0 Å². The fraction of sp³-hybridized carbons (Fsp3) is 0.900. The molecule has 13 heavy (non-hydrogen) atoms. The minimum Gasteiger partial charge on any atom is -0.377 e. The van der Waals surface area contributed by atoms with Gasteiger partial charge in [0.05, 0.1) is 18.6 Å². The molecule has 3 heteroatoms. The molecule has 2 atom stereocenters. The van der Waals surface area contributed by atoms with Gasteiger partial charge in [-0.05, 0) is 19.3 Å². The Morgan fingerprint density at radius 1 is 1.69 bits per heavy atom. The monoisotopic (exact) mass is 182 g/mol. The van der Waals surface area contributed by atoms with E-state index in [1.54, 1.807) is 0 Å². The molecule has 0 radical (unpaired) electrons. The molecular formula is C10H18N2O. The van der Waals surface area contributed by atoms with Crippen LogP contribution >= 0.6 is 0 Å². The minimum absolute atomic E-state index is 0.342. The van der Waals surface area contributed by atoms with Gasteiger partial charge in [0.25, 0.3) is 0 Å². The molecule has 1 saturated heterocycles. The topological polar surface area (TPSA) is 45.0 Å². The molecule has 0 bridgehead atoms. The number of nitrogens with one attached hydrogen (secondary N) is 1. The first-order valence-electron chi connectivity index (χ1n) is 5.08. The number of nitrogens with zero attached hydrogens (tertiary/aromatic N) is 1. The Bertz CT molecular complexity index is 170. The Hall–Kier alpha value is -0.590. The van der Waals surface area contributed by atoms with Crippen LogP contribution in [0, 0.1) is 11.3 Å². The van der Waals surface area contributed by atoms with Gasteiger partial charge in [-0.1, -0.05) is 6.92 Å². The summed E-state index contributed by atoms with van der Waals surface area (Å²) in [6.07, 6.45) is 4.34. The number of ether oxygens (including phenoxy) is 1. The maximum absolute atomic E-state index is 8.54. The Morgan fingerprint density at radius 3 is 3.08 bits per heavy atom. The molecule has 0 aromatic rings. The molecule has 1 aliphatic heterocycles. The van der Waals surface area contributed by atoms with Crippen LogP contribution < -0.4 is 5.32 Å². The van der Waals surface area contributed by atoms with Gasteiger partial charge in [0.1, 0.15) is 0 Å². The average molecular weight is 182 g/mol. The van der Waals surface area contributed by atoms with Crippen molar-refractivity contribution in [3.8, 4) is 6.07 Å². The Morgan fingerprint density at radius 2 is 2.54 bits per heavy atom. The van der Waals surface area contributed by atoms with E-state index in [0.717, 1.165) is 26.0 Å². The van der Waals surface area contributed by atoms with Gasteiger partial charge < -0.3 is 10.1 Å². The van der Waals surface area contributed by atoms with Crippen molar-refractivity contribution in [2.24, 2.45) is 0 Å². The van der Waals surface area contributed by atoms with E-state index in [1.807, 2.05) is 0 Å². The summed E-state index contributed by atoms with van der Waals surface area (Å²) < 4.78 is 5.48. The van der Waals surface area contributed by atoms with Crippen molar-refractivity contribution in [3.63, 3.8) is 0 Å². The van der Waals surface area contributed by atoms with E-state index in [9.17, 15) is 0 Å². The highest BCUT2D eigenvalue weighted by Crippen LogP contribution is 2.11. The summed E-state index contributed by atoms with van der Waals surface area (Å²) in [5.74, 6) is 0. The van der Waals surface area contributed by atoms with Gasteiger partial charge in [-0.3, -0.25) is 0 Å². The maximum atomic E-state index is 8.54. The van der Waals surface area contributed by atoms with Crippen LogP contribution in [0.25, 0.3) is 0 Å². The van der Waals surface area contributed by atoms with Crippen LogP contribution in [-0.4, -0.2) is 25.3 Å². The maximum Gasteiger partial charge on any atom is 0.0700 e. The molecule has 1 aliphatic rings. The molecule has 0 aromatic heterocycles. The third kappa shape index (κ3) is 3.75. The Labute approximate surface area is 80.1 Å². The highest BCUT2D eigenvalue weighted by Gasteiger charge is 2.16. The van der Waals surface area contributed by atoms with Crippen LogP contribution in [0.5, 0.6) is 0 Å². The van der Waals surface area contributed by atoms with Gasteiger partial charge in [0.15, 0.2) is 0 Å². The summed E-state index contributed by atoms with van der Waals surface area (Å²) in [6.45, 7) is 3.91. The number of rotatable bonds is 5. The van der Waals surface area contributed by atoms with Crippen molar-refractivity contribution >= 4 is 0 Å². The van der Waals surface area contributed by atoms with Crippen LogP contribution in [0.3, 0.4) is 0 Å². The SMILES string of the molecule is CCC(CC#N)NCC1CCCO1. The van der Waals surface area contributed by atoms with Gasteiger partial charge in [-0.2, -0.15) is 5.26 Å². The summed E-state index contributed by atoms with van der Waals surface area (Å²) in [7, 11) is 0. The lowest BCUT2D eigenvalue weighted by Gasteiger charge is -2.16. The van der Waals surface area contributed by atoms with E-state index in [1.165, 1.54) is 6.42 Å². The molecular weight excluding hydrogens is 164 g/mol. The second-order valence-corrected chi connectivity index (χ2v) is 3.51. The van der Waals surface area contributed by atoms with Crippen LogP contribution in [0.2, 0.25) is 0 Å². The largest absolute Gasteiger partial charge is 0.377 e. The molecule has 0 saturated carbocycles. The lowest BCUT2D eigenvalue weighted by molar-refractivity contribution is 0.107. The van der Waals surface area contributed by atoms with Crippen molar-refractivity contribution in [2.75, 3.05) is 13.2 Å². The summed E-state index contributed by atoms with van der Waals surface area (Å²) in [4.78, 5) is 0. The van der Waals surface area contributed by atoms with E-state index in [2.05, 4.69) is 18.3 Å². The highest BCUT2D eigenvalue weighted by atomic mass is 16.5. The third-order valence-corrected chi connectivity index (χ3v) is 2.49. The van der Waals surface area contributed by atoms with E-state index in [0.29, 0.717) is 18.6 Å². The first-order valence-corrected chi connectivity index (χ1v) is 5.08. The van der Waals surface area contributed by atoms with Crippen molar-refractivity contribution in [2.45, 2.75) is 44.8 Å². The average Bonchev–Trinajstić information content (AvgIpc) is 2.64. The second kappa shape index (κ2) is 5.95. The Balaban J connectivity index is 2.11. The summed E-state index contributed by atoms with van der Waals surface area (Å²) >= 11 is 0. The lowest BCUT2D eigenvalue weighted by atomic mass is 10.1. The van der Waals surface area contributed by atoms with Crippen molar-refractivity contribution in [1.82, 2.24) is 5.32 Å². The molecule has 0 spiro atoms. The van der Waals surface area contributed by atoms with Gasteiger partial charge in [0, 0.05) is 19.2 Å². The van der Waals surface area contributed by atoms with Crippen LogP contribution in [0.15, 0.2) is 0 Å². The number of hydrogen-bond acceptors (Lipinski definition) is 3. The van der Waals surface area contributed by atoms with Crippen molar-refractivity contribution < 1.29 is 4.74 Å². The zero-order chi connectivity index (χ0) is 9.52. The van der Waals surface area contributed by atoms with Gasteiger partial charge in [-0.25, -0.2) is 0 Å². The van der Waals surface area contributed by atoms with E-state index >= 15 is 0 Å². The minimum atomic E-state index is 0.342. The quantitative estimate of drug-likeness (QED) is 0.700. The van der Waals surface area contributed by atoms with Crippen molar-refractivity contribution in [1.29, 1.82) is 5.26 Å². The van der Waals surface area contributed by atoms with Crippen LogP contribution in [-0.2, 0) is 4.74 Å². The molecule has 1 fully saturated rings. The van der Waals surface area contributed by atoms with Crippen LogP contribution in [0.4, 0.5) is 0 Å². The zero-order valence-corrected chi connectivity index (χ0v) is 8.25. The first kappa shape index (κ1) is 10.5. The third-order valence-electron chi connectivity index (χ3n) is 2.49. The predicted molar refractivity (Wildman–Crippen MR) is 51.3 cm³/mol. The fourth-order valence-electron chi connectivity index (χ4n) is 1.57. The molecule has 0 aromatic carbocycles. The van der Waals surface area contributed by atoms with E-state index < -0.39 is 0 Å². The summed E-state index contributed by atoms with van der Waals surface area (Å²) in [5, 5.41) is 11.9. The molecule has 1 N–H and O–H groups in total.